The van der Waals surface area contributed by atoms with E-state index in [0.717, 1.165) is 33.2 Å². The minimum atomic E-state index is 0.629. The Morgan fingerprint density at radius 2 is 1.86 bits per heavy atom. The van der Waals surface area contributed by atoms with Crippen LogP contribution < -0.4 is 0 Å². The monoisotopic (exact) mass is 270 g/mol. The van der Waals surface area contributed by atoms with Crippen molar-refractivity contribution in [3.05, 3.63) is 66.4 Å². The predicted molar refractivity (Wildman–Crippen MR) is 81.7 cm³/mol. The maximum atomic E-state index is 9.30. The molecule has 98 valence electrons. The van der Waals surface area contributed by atoms with Crippen molar-refractivity contribution in [1.29, 1.82) is 5.26 Å². The first kappa shape index (κ1) is 11.7. The van der Waals surface area contributed by atoms with E-state index in [-0.39, 0.29) is 0 Å². The zero-order chi connectivity index (χ0) is 14.2. The van der Waals surface area contributed by atoms with Crippen molar-refractivity contribution in [3.8, 4) is 17.3 Å². The quantitative estimate of drug-likeness (QED) is 0.511. The van der Waals surface area contributed by atoms with Gasteiger partial charge in [-0.05, 0) is 30.3 Å². The summed E-state index contributed by atoms with van der Waals surface area (Å²) in [5.41, 5.74) is 3.93. The molecule has 2 heterocycles. The Morgan fingerprint density at radius 1 is 0.952 bits per heavy atom. The van der Waals surface area contributed by atoms with Crippen LogP contribution in [0.25, 0.3) is 33.2 Å². The molecule has 0 atom stereocenters. The van der Waals surface area contributed by atoms with Crippen molar-refractivity contribution in [2.75, 3.05) is 0 Å². The highest BCUT2D eigenvalue weighted by Crippen LogP contribution is 2.36. The zero-order valence-corrected chi connectivity index (χ0v) is 11.1. The van der Waals surface area contributed by atoms with Gasteiger partial charge in [0.2, 0.25) is 0 Å². The SMILES string of the molecule is N#Cc1cccc2oc3c(-c4ccccn4)cccc3c12. The van der Waals surface area contributed by atoms with Crippen molar-refractivity contribution in [2.24, 2.45) is 0 Å². The summed E-state index contributed by atoms with van der Waals surface area (Å²) in [5.74, 6) is 0. The van der Waals surface area contributed by atoms with Crippen molar-refractivity contribution in [3.63, 3.8) is 0 Å². The first-order chi connectivity index (χ1) is 10.4. The van der Waals surface area contributed by atoms with Gasteiger partial charge in [0, 0.05) is 22.5 Å². The summed E-state index contributed by atoms with van der Waals surface area (Å²) < 4.78 is 5.99. The Balaban J connectivity index is 2.15. The minimum absolute atomic E-state index is 0.629. The molecule has 0 spiro atoms. The van der Waals surface area contributed by atoms with Gasteiger partial charge in [0.15, 0.2) is 0 Å². The zero-order valence-electron chi connectivity index (χ0n) is 11.1. The van der Waals surface area contributed by atoms with Crippen LogP contribution in [-0.2, 0) is 0 Å². The van der Waals surface area contributed by atoms with Gasteiger partial charge in [0.1, 0.15) is 11.2 Å². The molecule has 0 amide bonds. The number of nitrogens with zero attached hydrogens (tertiary/aromatic N) is 2. The average molecular weight is 270 g/mol. The molecule has 0 saturated heterocycles. The van der Waals surface area contributed by atoms with Gasteiger partial charge in [-0.15, -0.1) is 0 Å². The van der Waals surface area contributed by atoms with E-state index in [1.165, 1.54) is 0 Å². The molecule has 2 aromatic heterocycles. The number of pyridine rings is 1. The summed E-state index contributed by atoms with van der Waals surface area (Å²) in [5, 5.41) is 11.1. The van der Waals surface area contributed by atoms with E-state index in [0.29, 0.717) is 5.56 Å². The lowest BCUT2D eigenvalue weighted by Gasteiger charge is -2.00. The second-order valence-electron chi connectivity index (χ2n) is 4.79. The van der Waals surface area contributed by atoms with E-state index in [9.17, 15) is 5.26 Å². The number of hydrogen-bond donors (Lipinski definition) is 0. The highest BCUT2D eigenvalue weighted by Gasteiger charge is 2.14. The highest BCUT2D eigenvalue weighted by atomic mass is 16.3. The van der Waals surface area contributed by atoms with Crippen LogP contribution in [0.15, 0.2) is 65.2 Å². The first-order valence-electron chi connectivity index (χ1n) is 6.64. The lowest BCUT2D eigenvalue weighted by atomic mass is 10.0. The number of fused-ring (bicyclic) bond motifs is 3. The number of para-hydroxylation sites is 1. The Labute approximate surface area is 121 Å². The van der Waals surface area contributed by atoms with Crippen LogP contribution >= 0.6 is 0 Å². The average Bonchev–Trinajstić information content (AvgIpc) is 2.94. The first-order valence-corrected chi connectivity index (χ1v) is 6.64. The van der Waals surface area contributed by atoms with E-state index in [4.69, 9.17) is 4.42 Å². The molecular formula is C18H10N2O. The number of aromatic nitrogens is 1. The van der Waals surface area contributed by atoms with Crippen molar-refractivity contribution < 1.29 is 4.42 Å². The topological polar surface area (TPSA) is 49.8 Å². The molecule has 0 unspecified atom stereocenters. The van der Waals surface area contributed by atoms with E-state index in [1.54, 1.807) is 6.20 Å². The number of furan rings is 1. The van der Waals surface area contributed by atoms with Crippen LogP contribution in [0.1, 0.15) is 5.56 Å². The lowest BCUT2D eigenvalue weighted by Crippen LogP contribution is -1.82. The van der Waals surface area contributed by atoms with Gasteiger partial charge >= 0.3 is 0 Å². The fraction of sp³-hybridized carbons (Fsp3) is 0. The normalized spacial score (nSPS) is 10.8. The van der Waals surface area contributed by atoms with Gasteiger partial charge in [-0.25, -0.2) is 0 Å². The summed E-state index contributed by atoms with van der Waals surface area (Å²) in [6.45, 7) is 0. The minimum Gasteiger partial charge on any atom is -0.455 e. The molecule has 2 aromatic carbocycles. The third kappa shape index (κ3) is 1.70. The molecule has 0 aliphatic rings. The Bertz CT molecular complexity index is 994. The number of rotatable bonds is 1. The molecule has 0 bridgehead atoms. The molecule has 3 heteroatoms. The number of nitriles is 1. The molecule has 4 aromatic rings. The van der Waals surface area contributed by atoms with E-state index >= 15 is 0 Å². The van der Waals surface area contributed by atoms with Crippen LogP contribution in [0.2, 0.25) is 0 Å². The van der Waals surface area contributed by atoms with Gasteiger partial charge in [-0.3, -0.25) is 4.98 Å². The maximum absolute atomic E-state index is 9.30. The highest BCUT2D eigenvalue weighted by molar-refractivity contribution is 6.11. The van der Waals surface area contributed by atoms with Crippen LogP contribution in [0.5, 0.6) is 0 Å². The van der Waals surface area contributed by atoms with Crippen molar-refractivity contribution in [2.45, 2.75) is 0 Å². The van der Waals surface area contributed by atoms with Crippen LogP contribution in [0.4, 0.5) is 0 Å². The van der Waals surface area contributed by atoms with Crippen molar-refractivity contribution in [1.82, 2.24) is 4.98 Å². The summed E-state index contributed by atoms with van der Waals surface area (Å²) in [6.07, 6.45) is 1.76. The van der Waals surface area contributed by atoms with Gasteiger partial charge in [-0.1, -0.05) is 24.3 Å². The Kier molecular flexibility index (Phi) is 2.48. The number of benzene rings is 2. The molecule has 21 heavy (non-hydrogen) atoms. The predicted octanol–water partition coefficient (Wildman–Crippen LogP) is 4.52. The fourth-order valence-electron chi connectivity index (χ4n) is 2.66. The molecule has 0 N–H and O–H groups in total. The summed E-state index contributed by atoms with van der Waals surface area (Å²) in [7, 11) is 0. The second kappa shape index (κ2) is 4.46. The Hall–Kier alpha value is -3.12. The summed E-state index contributed by atoms with van der Waals surface area (Å²) in [4.78, 5) is 4.39. The fourth-order valence-corrected chi connectivity index (χ4v) is 2.66. The third-order valence-electron chi connectivity index (χ3n) is 3.58. The van der Waals surface area contributed by atoms with E-state index in [2.05, 4.69) is 11.1 Å². The molecule has 0 fully saturated rings. The van der Waals surface area contributed by atoms with Gasteiger partial charge in [0.25, 0.3) is 0 Å². The van der Waals surface area contributed by atoms with Gasteiger partial charge in [0.05, 0.1) is 17.3 Å². The van der Waals surface area contributed by atoms with Gasteiger partial charge in [-0.2, -0.15) is 5.26 Å². The maximum Gasteiger partial charge on any atom is 0.144 e. The summed E-state index contributed by atoms with van der Waals surface area (Å²) >= 11 is 0. The molecule has 3 nitrogen and oxygen atoms in total. The molecule has 0 radical (unpaired) electrons. The molecule has 0 aliphatic carbocycles. The number of hydrogen-bond acceptors (Lipinski definition) is 3. The van der Waals surface area contributed by atoms with Crippen LogP contribution in [0, 0.1) is 11.3 Å². The summed E-state index contributed by atoms with van der Waals surface area (Å²) in [6, 6.07) is 19.5. The molecule has 0 saturated carbocycles. The van der Waals surface area contributed by atoms with E-state index in [1.807, 2.05) is 54.6 Å². The van der Waals surface area contributed by atoms with Gasteiger partial charge < -0.3 is 4.42 Å². The standard InChI is InChI=1S/C18H10N2O/c19-11-12-5-3-9-16-17(12)14-7-4-6-13(18(14)21-16)15-8-1-2-10-20-15/h1-10H. The van der Waals surface area contributed by atoms with Crippen molar-refractivity contribution >= 4 is 21.9 Å². The molecule has 0 aliphatic heterocycles. The van der Waals surface area contributed by atoms with Crippen LogP contribution in [-0.4, -0.2) is 4.98 Å². The smallest absolute Gasteiger partial charge is 0.144 e. The largest absolute Gasteiger partial charge is 0.455 e. The molecule has 4 rings (SSSR count). The second-order valence-corrected chi connectivity index (χ2v) is 4.79. The molecular weight excluding hydrogens is 260 g/mol. The van der Waals surface area contributed by atoms with E-state index < -0.39 is 0 Å². The Morgan fingerprint density at radius 3 is 2.67 bits per heavy atom. The lowest BCUT2D eigenvalue weighted by molar-refractivity contribution is 0.670. The van der Waals surface area contributed by atoms with Crippen LogP contribution in [0.3, 0.4) is 0 Å². The third-order valence-corrected chi connectivity index (χ3v) is 3.58.